The third-order valence-electron chi connectivity index (χ3n) is 2.93. The summed E-state index contributed by atoms with van der Waals surface area (Å²) in [4.78, 5) is 4.41. The summed E-state index contributed by atoms with van der Waals surface area (Å²) in [7, 11) is 0. The van der Waals surface area contributed by atoms with E-state index in [1.807, 2.05) is 18.2 Å². The van der Waals surface area contributed by atoms with Crippen LogP contribution in [0.15, 0.2) is 29.4 Å². The molecule has 0 amide bonds. The molecule has 0 atom stereocenters. The van der Waals surface area contributed by atoms with Crippen molar-refractivity contribution in [1.82, 2.24) is 4.98 Å². The Balaban J connectivity index is 1.98. The molecule has 1 aliphatic rings. The first-order valence-corrected chi connectivity index (χ1v) is 7.29. The fourth-order valence-electron chi connectivity index (χ4n) is 2.03. The summed E-state index contributed by atoms with van der Waals surface area (Å²) in [6, 6.07) is 5.98. The molecule has 2 heterocycles. The summed E-state index contributed by atoms with van der Waals surface area (Å²) in [5, 5.41) is 12.0. The fourth-order valence-corrected chi connectivity index (χ4v) is 2.97. The number of aliphatic hydroxyl groups is 1. The highest BCUT2D eigenvalue weighted by Crippen LogP contribution is 2.37. The Morgan fingerprint density at radius 1 is 1.21 bits per heavy atom. The van der Waals surface area contributed by atoms with Crippen LogP contribution in [0.4, 0.5) is 0 Å². The van der Waals surface area contributed by atoms with E-state index < -0.39 is 0 Å². The highest BCUT2D eigenvalue weighted by Gasteiger charge is 2.14. The van der Waals surface area contributed by atoms with Gasteiger partial charge in [0, 0.05) is 23.9 Å². The van der Waals surface area contributed by atoms with Crippen LogP contribution in [0.3, 0.4) is 0 Å². The number of thioether (sulfide) groups is 1. The van der Waals surface area contributed by atoms with Gasteiger partial charge in [-0.2, -0.15) is 0 Å². The quantitative estimate of drug-likeness (QED) is 0.687. The summed E-state index contributed by atoms with van der Waals surface area (Å²) in [5.41, 5.74) is 0. The molecule has 19 heavy (non-hydrogen) atoms. The van der Waals surface area contributed by atoms with E-state index in [1.165, 1.54) is 0 Å². The Labute approximate surface area is 115 Å². The summed E-state index contributed by atoms with van der Waals surface area (Å²) < 4.78 is 11.2. The molecule has 0 unspecified atom stereocenters. The van der Waals surface area contributed by atoms with E-state index in [-0.39, 0.29) is 6.61 Å². The maximum Gasteiger partial charge on any atom is 0.162 e. The van der Waals surface area contributed by atoms with E-state index >= 15 is 0 Å². The third kappa shape index (κ3) is 2.62. The van der Waals surface area contributed by atoms with Gasteiger partial charge in [0.25, 0.3) is 0 Å². The predicted molar refractivity (Wildman–Crippen MR) is 75.2 cm³/mol. The molecule has 0 bridgehead atoms. The molecular formula is C14H15NO3S. The fraction of sp³-hybridized carbons (Fsp3) is 0.357. The van der Waals surface area contributed by atoms with Gasteiger partial charge < -0.3 is 14.6 Å². The van der Waals surface area contributed by atoms with E-state index in [0.29, 0.717) is 13.2 Å². The van der Waals surface area contributed by atoms with Crippen molar-refractivity contribution in [1.29, 1.82) is 0 Å². The molecule has 0 saturated heterocycles. The van der Waals surface area contributed by atoms with Crippen molar-refractivity contribution in [3.8, 4) is 11.5 Å². The van der Waals surface area contributed by atoms with Crippen LogP contribution in [0.5, 0.6) is 11.5 Å². The van der Waals surface area contributed by atoms with Gasteiger partial charge in [0.2, 0.25) is 0 Å². The average molecular weight is 277 g/mol. The molecule has 0 fully saturated rings. The number of pyridine rings is 1. The molecule has 1 aromatic heterocycles. The largest absolute Gasteiger partial charge is 0.486 e. The maximum atomic E-state index is 8.85. The zero-order valence-electron chi connectivity index (χ0n) is 10.5. The van der Waals surface area contributed by atoms with Gasteiger partial charge in [-0.25, -0.2) is 4.98 Å². The van der Waals surface area contributed by atoms with Crippen molar-refractivity contribution >= 4 is 22.5 Å². The molecule has 2 aromatic rings. The zero-order valence-corrected chi connectivity index (χ0v) is 11.3. The molecule has 0 spiro atoms. The monoisotopic (exact) mass is 277 g/mol. The van der Waals surface area contributed by atoms with Crippen LogP contribution >= 0.6 is 11.8 Å². The van der Waals surface area contributed by atoms with E-state index in [0.717, 1.165) is 39.5 Å². The van der Waals surface area contributed by atoms with E-state index in [1.54, 1.807) is 18.0 Å². The van der Waals surface area contributed by atoms with Crippen molar-refractivity contribution in [3.05, 3.63) is 24.4 Å². The lowest BCUT2D eigenvalue weighted by molar-refractivity contribution is 0.172. The molecule has 1 N–H and O–H groups in total. The number of aliphatic hydroxyl groups excluding tert-OH is 1. The Kier molecular flexibility index (Phi) is 3.75. The van der Waals surface area contributed by atoms with Gasteiger partial charge in [0.15, 0.2) is 11.5 Å². The predicted octanol–water partition coefficient (Wildman–Crippen LogP) is 2.48. The molecule has 0 radical (unpaired) electrons. The van der Waals surface area contributed by atoms with Gasteiger partial charge in [0.1, 0.15) is 18.2 Å². The number of nitrogens with zero attached hydrogens (tertiary/aromatic N) is 1. The van der Waals surface area contributed by atoms with Gasteiger partial charge in [-0.1, -0.05) is 0 Å². The maximum absolute atomic E-state index is 8.85. The minimum Gasteiger partial charge on any atom is -0.486 e. The van der Waals surface area contributed by atoms with Crippen molar-refractivity contribution < 1.29 is 14.6 Å². The number of hydrogen-bond acceptors (Lipinski definition) is 5. The third-order valence-corrected chi connectivity index (χ3v) is 4.02. The lowest BCUT2D eigenvalue weighted by Crippen LogP contribution is -2.15. The zero-order chi connectivity index (χ0) is 13.1. The second-order valence-electron chi connectivity index (χ2n) is 4.26. The van der Waals surface area contributed by atoms with Crippen LogP contribution in [0.25, 0.3) is 10.8 Å². The summed E-state index contributed by atoms with van der Waals surface area (Å²) in [5.74, 6) is 2.45. The number of fused-ring (bicyclic) bond motifs is 2. The van der Waals surface area contributed by atoms with Gasteiger partial charge in [-0.05, 0) is 30.0 Å². The van der Waals surface area contributed by atoms with Crippen LogP contribution in [0.1, 0.15) is 6.42 Å². The van der Waals surface area contributed by atoms with Crippen molar-refractivity contribution in [2.24, 2.45) is 0 Å². The first kappa shape index (κ1) is 12.6. The molecule has 1 aromatic carbocycles. The molecule has 0 saturated carbocycles. The molecule has 5 heteroatoms. The number of benzene rings is 1. The highest BCUT2D eigenvalue weighted by molar-refractivity contribution is 7.99. The second kappa shape index (κ2) is 5.67. The van der Waals surface area contributed by atoms with Crippen LogP contribution in [-0.4, -0.2) is 35.7 Å². The topological polar surface area (TPSA) is 51.6 Å². The van der Waals surface area contributed by atoms with E-state index in [2.05, 4.69) is 4.98 Å². The summed E-state index contributed by atoms with van der Waals surface area (Å²) >= 11 is 1.66. The van der Waals surface area contributed by atoms with Crippen LogP contribution in [0.2, 0.25) is 0 Å². The minimum absolute atomic E-state index is 0.212. The van der Waals surface area contributed by atoms with Crippen molar-refractivity contribution in [3.63, 3.8) is 0 Å². The Morgan fingerprint density at radius 2 is 2.00 bits per heavy atom. The van der Waals surface area contributed by atoms with E-state index in [4.69, 9.17) is 14.6 Å². The number of rotatable bonds is 4. The highest BCUT2D eigenvalue weighted by atomic mass is 32.2. The van der Waals surface area contributed by atoms with Crippen LogP contribution < -0.4 is 9.47 Å². The minimum atomic E-state index is 0.212. The Morgan fingerprint density at radius 3 is 2.79 bits per heavy atom. The van der Waals surface area contributed by atoms with Crippen LogP contribution in [0, 0.1) is 0 Å². The van der Waals surface area contributed by atoms with E-state index in [9.17, 15) is 0 Å². The SMILES string of the molecule is OCCCSc1nccc2cc3c(cc12)OCCO3. The number of aromatic nitrogens is 1. The summed E-state index contributed by atoms with van der Waals surface area (Å²) in [6.07, 6.45) is 2.58. The van der Waals surface area contributed by atoms with Crippen LogP contribution in [-0.2, 0) is 0 Å². The van der Waals surface area contributed by atoms with Crippen molar-refractivity contribution in [2.45, 2.75) is 11.4 Å². The molecule has 100 valence electrons. The van der Waals surface area contributed by atoms with Gasteiger partial charge in [0.05, 0.1) is 0 Å². The molecule has 0 aliphatic carbocycles. The number of ether oxygens (including phenoxy) is 2. The molecular weight excluding hydrogens is 262 g/mol. The standard InChI is InChI=1S/C14H15NO3S/c16-4-1-7-19-14-11-9-13-12(17-5-6-18-13)8-10(11)2-3-15-14/h2-3,8-9,16H,1,4-7H2. The second-order valence-corrected chi connectivity index (χ2v) is 5.34. The van der Waals surface area contributed by atoms with Gasteiger partial charge >= 0.3 is 0 Å². The normalized spacial score (nSPS) is 13.7. The van der Waals surface area contributed by atoms with Crippen molar-refractivity contribution in [2.75, 3.05) is 25.6 Å². The lowest BCUT2D eigenvalue weighted by atomic mass is 10.1. The smallest absolute Gasteiger partial charge is 0.162 e. The molecule has 1 aliphatic heterocycles. The first-order valence-electron chi connectivity index (χ1n) is 6.30. The Hall–Kier alpha value is -1.46. The first-order chi connectivity index (χ1) is 9.38. The Bertz CT molecular complexity index is 588. The number of hydrogen-bond donors (Lipinski definition) is 1. The lowest BCUT2D eigenvalue weighted by Gasteiger charge is -2.19. The molecule has 3 rings (SSSR count). The average Bonchev–Trinajstić information content (AvgIpc) is 2.46. The molecule has 4 nitrogen and oxygen atoms in total. The van der Waals surface area contributed by atoms with Gasteiger partial charge in [-0.3, -0.25) is 0 Å². The van der Waals surface area contributed by atoms with Gasteiger partial charge in [-0.15, -0.1) is 11.8 Å². The summed E-state index contributed by atoms with van der Waals surface area (Å²) in [6.45, 7) is 1.40.